The summed E-state index contributed by atoms with van der Waals surface area (Å²) in [6, 6.07) is 24.8. The smallest absolute Gasteiger partial charge is 0.230 e. The molecular formula is C29H34N2O2. The zero-order chi connectivity index (χ0) is 23.2. The van der Waals surface area contributed by atoms with Crippen LogP contribution in [-0.2, 0) is 17.9 Å². The number of hydrogen-bond donors (Lipinski definition) is 1. The summed E-state index contributed by atoms with van der Waals surface area (Å²) in [5.74, 6) is 0.291. The number of amides is 1. The molecule has 0 atom stereocenters. The lowest BCUT2D eigenvalue weighted by Gasteiger charge is -2.30. The molecule has 0 heterocycles. The molecule has 4 rings (SSSR count). The van der Waals surface area contributed by atoms with Crippen LogP contribution < -0.4 is 9.80 Å². The molecule has 0 bridgehead atoms. The normalized spacial score (nSPS) is 14.2. The summed E-state index contributed by atoms with van der Waals surface area (Å²) in [5.41, 5.74) is 6.31. The van der Waals surface area contributed by atoms with Crippen LogP contribution in [0.4, 0.5) is 11.4 Å². The van der Waals surface area contributed by atoms with Crippen LogP contribution in [0.3, 0.4) is 0 Å². The van der Waals surface area contributed by atoms with Crippen molar-refractivity contribution in [2.75, 3.05) is 23.9 Å². The van der Waals surface area contributed by atoms with Crippen molar-refractivity contribution in [3.05, 3.63) is 83.9 Å². The quantitative estimate of drug-likeness (QED) is 0.486. The van der Waals surface area contributed by atoms with Crippen molar-refractivity contribution in [2.24, 2.45) is 5.92 Å². The number of hydrogen-bond acceptors (Lipinski definition) is 3. The minimum absolute atomic E-state index is 0.0272. The monoisotopic (exact) mass is 442 g/mol. The van der Waals surface area contributed by atoms with E-state index in [1.54, 1.807) is 0 Å². The van der Waals surface area contributed by atoms with Gasteiger partial charge < -0.3 is 14.9 Å². The lowest BCUT2D eigenvalue weighted by Crippen LogP contribution is -2.36. The Kier molecular flexibility index (Phi) is 7.46. The van der Waals surface area contributed by atoms with Crippen LogP contribution in [0.5, 0.6) is 0 Å². The molecular weight excluding hydrogens is 408 g/mol. The molecule has 0 aromatic heterocycles. The summed E-state index contributed by atoms with van der Waals surface area (Å²) >= 11 is 0. The topological polar surface area (TPSA) is 43.8 Å². The molecule has 1 amide bonds. The number of aliphatic hydroxyl groups is 1. The first kappa shape index (κ1) is 23.1. The van der Waals surface area contributed by atoms with Gasteiger partial charge in [0.15, 0.2) is 0 Å². The van der Waals surface area contributed by atoms with Gasteiger partial charge in [-0.3, -0.25) is 4.79 Å². The van der Waals surface area contributed by atoms with Crippen LogP contribution in [0, 0.1) is 5.92 Å². The molecule has 4 heteroatoms. The third kappa shape index (κ3) is 5.63. The number of nitrogens with zero attached hydrogens (tertiary/aromatic N) is 2. The second kappa shape index (κ2) is 10.7. The fraction of sp³-hybridized carbons (Fsp3) is 0.345. The number of rotatable bonds is 7. The predicted molar refractivity (Wildman–Crippen MR) is 136 cm³/mol. The largest absolute Gasteiger partial charge is 0.392 e. The van der Waals surface area contributed by atoms with Gasteiger partial charge in [-0.2, -0.15) is 0 Å². The third-order valence-electron chi connectivity index (χ3n) is 6.64. The lowest BCUT2D eigenvalue weighted by molar-refractivity contribution is -0.123. The molecule has 1 aliphatic rings. The highest BCUT2D eigenvalue weighted by molar-refractivity contribution is 5.95. The average Bonchev–Trinajstić information content (AvgIpc) is 2.88. The van der Waals surface area contributed by atoms with Crippen molar-refractivity contribution in [3.8, 4) is 11.1 Å². The van der Waals surface area contributed by atoms with Gasteiger partial charge in [-0.1, -0.05) is 67.8 Å². The standard InChI is InChI=1S/C29H34N2O2/c1-30(2)27-17-15-25(16-18-27)24-13-11-22(12-14-24)20-31(28-10-6-7-23(19-28)21-32)29(33)26-8-4-3-5-9-26/h6-7,10-19,26,32H,3-5,8-9,20-21H2,1-2H3. The number of carbonyl (C=O) groups excluding carboxylic acids is 1. The van der Waals surface area contributed by atoms with Gasteiger partial charge in [0.1, 0.15) is 0 Å². The highest BCUT2D eigenvalue weighted by Gasteiger charge is 2.27. The molecule has 0 aliphatic heterocycles. The molecule has 33 heavy (non-hydrogen) atoms. The highest BCUT2D eigenvalue weighted by atomic mass is 16.3. The van der Waals surface area contributed by atoms with Gasteiger partial charge in [0, 0.05) is 31.4 Å². The first-order chi connectivity index (χ1) is 16.0. The number of benzene rings is 3. The molecule has 4 nitrogen and oxygen atoms in total. The van der Waals surface area contributed by atoms with Crippen molar-refractivity contribution in [3.63, 3.8) is 0 Å². The Labute approximate surface area is 197 Å². The van der Waals surface area contributed by atoms with E-state index in [9.17, 15) is 9.90 Å². The Morgan fingerprint density at radius 2 is 1.45 bits per heavy atom. The molecule has 0 spiro atoms. The summed E-state index contributed by atoms with van der Waals surface area (Å²) in [6.45, 7) is 0.505. The fourth-order valence-corrected chi connectivity index (χ4v) is 4.63. The van der Waals surface area contributed by atoms with Crippen molar-refractivity contribution in [1.29, 1.82) is 0 Å². The van der Waals surface area contributed by atoms with E-state index in [2.05, 4.69) is 53.4 Å². The van der Waals surface area contributed by atoms with Gasteiger partial charge in [0.2, 0.25) is 5.91 Å². The van der Waals surface area contributed by atoms with Crippen molar-refractivity contribution < 1.29 is 9.90 Å². The Morgan fingerprint density at radius 1 is 0.818 bits per heavy atom. The van der Waals surface area contributed by atoms with E-state index in [0.29, 0.717) is 6.54 Å². The molecule has 0 saturated heterocycles. The van der Waals surface area contributed by atoms with Crippen LogP contribution in [0.15, 0.2) is 72.8 Å². The van der Waals surface area contributed by atoms with Crippen LogP contribution >= 0.6 is 0 Å². The Balaban J connectivity index is 1.56. The highest BCUT2D eigenvalue weighted by Crippen LogP contribution is 2.30. The van der Waals surface area contributed by atoms with Crippen molar-refractivity contribution in [2.45, 2.75) is 45.3 Å². The van der Waals surface area contributed by atoms with E-state index >= 15 is 0 Å². The summed E-state index contributed by atoms with van der Waals surface area (Å²) in [5, 5.41) is 9.60. The third-order valence-corrected chi connectivity index (χ3v) is 6.64. The SMILES string of the molecule is CN(C)c1ccc(-c2ccc(CN(C(=O)C3CCCCC3)c3cccc(CO)c3)cc2)cc1. The van der Waals surface area contributed by atoms with Crippen molar-refractivity contribution in [1.82, 2.24) is 0 Å². The maximum Gasteiger partial charge on any atom is 0.230 e. The zero-order valence-corrected chi connectivity index (χ0v) is 19.7. The van der Waals surface area contributed by atoms with E-state index in [1.807, 2.05) is 43.3 Å². The summed E-state index contributed by atoms with van der Waals surface area (Å²) in [6.07, 6.45) is 5.42. The molecule has 3 aromatic carbocycles. The van der Waals surface area contributed by atoms with Gasteiger partial charge in [0.05, 0.1) is 13.2 Å². The molecule has 1 fully saturated rings. The molecule has 1 aliphatic carbocycles. The number of anilines is 2. The summed E-state index contributed by atoms with van der Waals surface area (Å²) in [4.78, 5) is 17.5. The van der Waals surface area contributed by atoms with Gasteiger partial charge in [0.25, 0.3) is 0 Å². The van der Waals surface area contributed by atoms with Gasteiger partial charge in [-0.15, -0.1) is 0 Å². The second-order valence-electron chi connectivity index (χ2n) is 9.23. The summed E-state index contributed by atoms with van der Waals surface area (Å²) < 4.78 is 0. The molecule has 0 radical (unpaired) electrons. The predicted octanol–water partition coefficient (Wildman–Crippen LogP) is 6.03. The summed E-state index contributed by atoms with van der Waals surface area (Å²) in [7, 11) is 4.08. The molecule has 1 saturated carbocycles. The average molecular weight is 443 g/mol. The van der Waals surface area contributed by atoms with Gasteiger partial charge in [-0.05, 0) is 59.4 Å². The molecule has 172 valence electrons. The minimum Gasteiger partial charge on any atom is -0.392 e. The van der Waals surface area contributed by atoms with Gasteiger partial charge >= 0.3 is 0 Å². The second-order valence-corrected chi connectivity index (χ2v) is 9.23. The maximum absolute atomic E-state index is 13.5. The maximum atomic E-state index is 13.5. The number of carbonyl (C=O) groups is 1. The Bertz CT molecular complexity index is 1050. The van der Waals surface area contributed by atoms with E-state index in [4.69, 9.17) is 0 Å². The molecule has 3 aromatic rings. The Hall–Kier alpha value is -3.11. The first-order valence-corrected chi connectivity index (χ1v) is 11.9. The van der Waals surface area contributed by atoms with E-state index in [-0.39, 0.29) is 18.4 Å². The lowest BCUT2D eigenvalue weighted by atomic mass is 9.88. The minimum atomic E-state index is -0.0272. The van der Waals surface area contributed by atoms with E-state index < -0.39 is 0 Å². The molecule has 0 unspecified atom stereocenters. The fourth-order valence-electron chi connectivity index (χ4n) is 4.63. The Morgan fingerprint density at radius 3 is 2.06 bits per heavy atom. The van der Waals surface area contributed by atoms with Crippen LogP contribution in [0.1, 0.15) is 43.2 Å². The van der Waals surface area contributed by atoms with Crippen LogP contribution in [0.2, 0.25) is 0 Å². The first-order valence-electron chi connectivity index (χ1n) is 11.9. The molecule has 1 N–H and O–H groups in total. The van der Waals surface area contributed by atoms with Crippen molar-refractivity contribution >= 4 is 17.3 Å². The van der Waals surface area contributed by atoms with E-state index in [0.717, 1.165) is 48.1 Å². The van der Waals surface area contributed by atoms with Gasteiger partial charge in [-0.25, -0.2) is 0 Å². The van der Waals surface area contributed by atoms with E-state index in [1.165, 1.54) is 17.7 Å². The van der Waals surface area contributed by atoms with Crippen LogP contribution in [0.25, 0.3) is 11.1 Å². The zero-order valence-electron chi connectivity index (χ0n) is 19.7. The van der Waals surface area contributed by atoms with Crippen LogP contribution in [-0.4, -0.2) is 25.1 Å². The number of aliphatic hydroxyl groups excluding tert-OH is 1.